The number of hydrogen-bond donors (Lipinski definition) is 1. The fourth-order valence-corrected chi connectivity index (χ4v) is 2.23. The molecule has 0 aromatic heterocycles. The standard InChI is InChI=1S/C15H20N2O3/c1-10-4-5-13-11(8-10)15(19)12(6-7-20-13)16-14(18)9-17(2)3/h4-5,8,12H,6-7,9H2,1-3H3,(H,16,18). The van der Waals surface area contributed by atoms with Crippen LogP contribution in [0.3, 0.4) is 0 Å². The molecule has 0 spiro atoms. The Labute approximate surface area is 118 Å². The first-order chi connectivity index (χ1) is 9.47. The van der Waals surface area contributed by atoms with Crippen LogP contribution in [-0.4, -0.2) is 49.9 Å². The average molecular weight is 276 g/mol. The van der Waals surface area contributed by atoms with Gasteiger partial charge in [0.2, 0.25) is 5.91 Å². The van der Waals surface area contributed by atoms with Gasteiger partial charge in [0.05, 0.1) is 24.8 Å². The van der Waals surface area contributed by atoms with Crippen LogP contribution in [0.2, 0.25) is 0 Å². The number of rotatable bonds is 3. The van der Waals surface area contributed by atoms with Crippen molar-refractivity contribution in [3.63, 3.8) is 0 Å². The molecule has 1 N–H and O–H groups in total. The highest BCUT2D eigenvalue weighted by molar-refractivity contribution is 6.04. The molecule has 20 heavy (non-hydrogen) atoms. The first kappa shape index (κ1) is 14.5. The van der Waals surface area contributed by atoms with E-state index in [2.05, 4.69) is 5.32 Å². The Kier molecular flexibility index (Phi) is 4.39. The Morgan fingerprint density at radius 2 is 2.20 bits per heavy atom. The summed E-state index contributed by atoms with van der Waals surface area (Å²) in [6.07, 6.45) is 0.492. The Balaban J connectivity index is 2.16. The second-order valence-electron chi connectivity index (χ2n) is 5.36. The number of hydrogen-bond acceptors (Lipinski definition) is 4. The average Bonchev–Trinajstić information content (AvgIpc) is 2.50. The molecule has 108 valence electrons. The molecule has 5 nitrogen and oxygen atoms in total. The van der Waals surface area contributed by atoms with E-state index in [0.717, 1.165) is 5.56 Å². The smallest absolute Gasteiger partial charge is 0.234 e. The number of carbonyl (C=O) groups is 2. The van der Waals surface area contributed by atoms with E-state index in [9.17, 15) is 9.59 Å². The number of nitrogens with zero attached hydrogens (tertiary/aromatic N) is 1. The summed E-state index contributed by atoms with van der Waals surface area (Å²) >= 11 is 0. The number of amides is 1. The van der Waals surface area contributed by atoms with Gasteiger partial charge in [-0.2, -0.15) is 0 Å². The molecule has 1 unspecified atom stereocenters. The molecule has 0 saturated heterocycles. The number of Topliss-reactive ketones (excluding diaryl/α,β-unsaturated/α-hetero) is 1. The van der Waals surface area contributed by atoms with Crippen molar-refractivity contribution in [2.45, 2.75) is 19.4 Å². The summed E-state index contributed by atoms with van der Waals surface area (Å²) in [7, 11) is 3.63. The Morgan fingerprint density at radius 3 is 2.90 bits per heavy atom. The van der Waals surface area contributed by atoms with E-state index in [1.165, 1.54) is 0 Å². The highest BCUT2D eigenvalue weighted by Crippen LogP contribution is 2.25. The van der Waals surface area contributed by atoms with Gasteiger partial charge in [0, 0.05) is 6.42 Å². The van der Waals surface area contributed by atoms with E-state index in [-0.39, 0.29) is 18.2 Å². The predicted octanol–water partition coefficient (Wildman–Crippen LogP) is 1.01. The molecule has 1 amide bonds. The molecule has 1 aromatic rings. The van der Waals surface area contributed by atoms with Crippen molar-refractivity contribution in [3.05, 3.63) is 29.3 Å². The predicted molar refractivity (Wildman–Crippen MR) is 76.1 cm³/mol. The topological polar surface area (TPSA) is 58.6 Å². The number of ketones is 1. The third-order valence-corrected chi connectivity index (χ3v) is 3.18. The zero-order valence-corrected chi connectivity index (χ0v) is 12.1. The molecule has 1 aromatic carbocycles. The Hall–Kier alpha value is -1.88. The van der Waals surface area contributed by atoms with Gasteiger partial charge >= 0.3 is 0 Å². The van der Waals surface area contributed by atoms with Crippen LogP contribution >= 0.6 is 0 Å². The number of nitrogens with one attached hydrogen (secondary N) is 1. The largest absolute Gasteiger partial charge is 0.493 e. The lowest BCUT2D eigenvalue weighted by Crippen LogP contribution is -2.44. The van der Waals surface area contributed by atoms with Gasteiger partial charge < -0.3 is 15.0 Å². The summed E-state index contributed by atoms with van der Waals surface area (Å²) in [5, 5.41) is 2.79. The number of ether oxygens (including phenoxy) is 1. The maximum absolute atomic E-state index is 12.5. The van der Waals surface area contributed by atoms with E-state index < -0.39 is 6.04 Å². The molecule has 2 rings (SSSR count). The first-order valence-corrected chi connectivity index (χ1v) is 6.69. The van der Waals surface area contributed by atoms with Gasteiger partial charge in [0.1, 0.15) is 5.75 Å². The molecule has 1 heterocycles. The van der Waals surface area contributed by atoms with Gasteiger partial charge in [-0.3, -0.25) is 9.59 Å². The van der Waals surface area contributed by atoms with Crippen LogP contribution in [0.5, 0.6) is 5.75 Å². The maximum atomic E-state index is 12.5. The molecule has 1 aliphatic heterocycles. The minimum Gasteiger partial charge on any atom is -0.493 e. The molecular weight excluding hydrogens is 256 g/mol. The van der Waals surface area contributed by atoms with Gasteiger partial charge in [0.15, 0.2) is 5.78 Å². The zero-order chi connectivity index (χ0) is 14.7. The van der Waals surface area contributed by atoms with Gasteiger partial charge in [-0.25, -0.2) is 0 Å². The van der Waals surface area contributed by atoms with E-state index in [0.29, 0.717) is 24.3 Å². The summed E-state index contributed by atoms with van der Waals surface area (Å²) in [5.74, 6) is 0.378. The highest BCUT2D eigenvalue weighted by atomic mass is 16.5. The lowest BCUT2D eigenvalue weighted by atomic mass is 10.0. The molecule has 1 aliphatic rings. The van der Waals surface area contributed by atoms with Crippen LogP contribution in [-0.2, 0) is 4.79 Å². The van der Waals surface area contributed by atoms with Crippen molar-refractivity contribution < 1.29 is 14.3 Å². The molecule has 0 aliphatic carbocycles. The normalized spacial score (nSPS) is 18.2. The number of aryl methyl sites for hydroxylation is 1. The van der Waals surface area contributed by atoms with Gasteiger partial charge in [-0.05, 0) is 33.2 Å². The van der Waals surface area contributed by atoms with Crippen LogP contribution in [0.4, 0.5) is 0 Å². The second kappa shape index (κ2) is 6.05. The van der Waals surface area contributed by atoms with Crippen molar-refractivity contribution in [1.29, 1.82) is 0 Å². The third-order valence-electron chi connectivity index (χ3n) is 3.18. The number of benzene rings is 1. The molecule has 0 radical (unpaired) electrons. The fourth-order valence-electron chi connectivity index (χ4n) is 2.23. The van der Waals surface area contributed by atoms with Crippen LogP contribution < -0.4 is 10.1 Å². The van der Waals surface area contributed by atoms with Crippen molar-refractivity contribution in [2.24, 2.45) is 0 Å². The molecule has 1 atom stereocenters. The highest BCUT2D eigenvalue weighted by Gasteiger charge is 2.27. The lowest BCUT2D eigenvalue weighted by molar-refractivity contribution is -0.122. The monoisotopic (exact) mass is 276 g/mol. The van der Waals surface area contributed by atoms with Crippen LogP contribution in [0.15, 0.2) is 18.2 Å². The fraction of sp³-hybridized carbons (Fsp3) is 0.467. The Morgan fingerprint density at radius 1 is 1.45 bits per heavy atom. The summed E-state index contributed by atoms with van der Waals surface area (Å²) in [4.78, 5) is 26.1. The van der Waals surface area contributed by atoms with Crippen molar-refractivity contribution >= 4 is 11.7 Å². The van der Waals surface area contributed by atoms with Crippen LogP contribution in [0, 0.1) is 6.92 Å². The van der Waals surface area contributed by atoms with Gasteiger partial charge in [-0.1, -0.05) is 11.6 Å². The first-order valence-electron chi connectivity index (χ1n) is 6.69. The van der Waals surface area contributed by atoms with Gasteiger partial charge in [0.25, 0.3) is 0 Å². The number of fused-ring (bicyclic) bond motifs is 1. The molecular formula is C15H20N2O3. The van der Waals surface area contributed by atoms with Crippen molar-refractivity contribution in [2.75, 3.05) is 27.2 Å². The molecule has 0 saturated carbocycles. The minimum absolute atomic E-state index is 0.0756. The van der Waals surface area contributed by atoms with E-state index in [1.54, 1.807) is 4.90 Å². The quantitative estimate of drug-likeness (QED) is 0.895. The number of carbonyl (C=O) groups excluding carboxylic acids is 2. The summed E-state index contributed by atoms with van der Waals surface area (Å²) < 4.78 is 5.58. The summed E-state index contributed by atoms with van der Waals surface area (Å²) in [5.41, 5.74) is 1.55. The second-order valence-corrected chi connectivity index (χ2v) is 5.36. The minimum atomic E-state index is -0.509. The molecule has 5 heteroatoms. The zero-order valence-electron chi connectivity index (χ0n) is 12.1. The number of likely N-dealkylation sites (N-methyl/N-ethyl adjacent to an activating group) is 1. The van der Waals surface area contributed by atoms with Crippen molar-refractivity contribution in [3.8, 4) is 5.75 Å². The Bertz CT molecular complexity index is 526. The third kappa shape index (κ3) is 3.36. The van der Waals surface area contributed by atoms with Crippen LogP contribution in [0.1, 0.15) is 22.3 Å². The van der Waals surface area contributed by atoms with Crippen molar-refractivity contribution in [1.82, 2.24) is 10.2 Å². The van der Waals surface area contributed by atoms with Gasteiger partial charge in [-0.15, -0.1) is 0 Å². The summed E-state index contributed by atoms with van der Waals surface area (Å²) in [6.45, 7) is 2.62. The van der Waals surface area contributed by atoms with E-state index in [1.807, 2.05) is 39.2 Å². The SMILES string of the molecule is Cc1ccc2c(c1)C(=O)C(NC(=O)CN(C)C)CCO2. The van der Waals surface area contributed by atoms with Crippen LogP contribution in [0.25, 0.3) is 0 Å². The van der Waals surface area contributed by atoms with E-state index >= 15 is 0 Å². The lowest BCUT2D eigenvalue weighted by Gasteiger charge is -2.16. The maximum Gasteiger partial charge on any atom is 0.234 e. The summed E-state index contributed by atoms with van der Waals surface area (Å²) in [6, 6.07) is 5.03. The molecule has 0 fully saturated rings. The molecule has 0 bridgehead atoms. The van der Waals surface area contributed by atoms with E-state index in [4.69, 9.17) is 4.74 Å².